The molecular weight excluding hydrogens is 404 g/mol. The minimum atomic E-state index is -3.68. The largest absolute Gasteiger partial charge is 0.369 e. The molecule has 0 radical (unpaired) electrons. The van der Waals surface area contributed by atoms with Crippen molar-refractivity contribution in [3.05, 3.63) is 29.8 Å². The van der Waals surface area contributed by atoms with Crippen molar-refractivity contribution in [1.29, 1.82) is 0 Å². The van der Waals surface area contributed by atoms with Gasteiger partial charge < -0.3 is 16.0 Å². The first-order chi connectivity index (χ1) is 14.4. The van der Waals surface area contributed by atoms with Crippen LogP contribution in [0.3, 0.4) is 0 Å². The Morgan fingerprint density at radius 3 is 2.53 bits per heavy atom. The number of rotatable bonds is 8. The van der Waals surface area contributed by atoms with Crippen molar-refractivity contribution in [1.82, 2.24) is 14.5 Å². The number of nitrogens with one attached hydrogen (secondary N) is 1. The van der Waals surface area contributed by atoms with Gasteiger partial charge in [0.1, 0.15) is 0 Å². The summed E-state index contributed by atoms with van der Waals surface area (Å²) >= 11 is 0. The van der Waals surface area contributed by atoms with Gasteiger partial charge in [0.2, 0.25) is 15.9 Å². The highest BCUT2D eigenvalue weighted by molar-refractivity contribution is 7.89. The third kappa shape index (κ3) is 5.59. The van der Waals surface area contributed by atoms with Crippen LogP contribution in [-0.2, 0) is 14.8 Å². The van der Waals surface area contributed by atoms with Crippen molar-refractivity contribution in [2.45, 2.75) is 43.4 Å². The molecule has 2 aliphatic rings. The summed E-state index contributed by atoms with van der Waals surface area (Å²) in [7, 11) is -3.68. The van der Waals surface area contributed by atoms with E-state index in [1.54, 1.807) is 18.2 Å². The Morgan fingerprint density at radius 2 is 1.80 bits per heavy atom. The lowest BCUT2D eigenvalue weighted by Crippen LogP contribution is -2.42. The Bertz CT molecular complexity index is 852. The smallest absolute Gasteiger partial charge is 0.252 e. The van der Waals surface area contributed by atoms with Gasteiger partial charge in [-0.1, -0.05) is 18.6 Å². The van der Waals surface area contributed by atoms with E-state index in [9.17, 15) is 18.0 Å². The molecule has 0 aromatic heterocycles. The van der Waals surface area contributed by atoms with Crippen LogP contribution >= 0.6 is 0 Å². The highest BCUT2D eigenvalue weighted by Crippen LogP contribution is 2.23. The van der Waals surface area contributed by atoms with Crippen LogP contribution in [0, 0.1) is 5.92 Å². The molecule has 9 heteroatoms. The van der Waals surface area contributed by atoms with E-state index in [1.165, 1.54) is 10.4 Å². The van der Waals surface area contributed by atoms with E-state index >= 15 is 0 Å². The van der Waals surface area contributed by atoms with Crippen LogP contribution in [0.15, 0.2) is 29.2 Å². The molecule has 8 nitrogen and oxygen atoms in total. The van der Waals surface area contributed by atoms with Gasteiger partial charge in [-0.2, -0.15) is 4.31 Å². The first-order valence-corrected chi connectivity index (χ1v) is 12.2. The standard InChI is InChI=1S/C21H32N4O4S/c22-20(26)17-8-6-12-24(16-17)13-7-11-23-21(27)18-9-2-3-10-19(18)30(28,29)25-14-4-1-5-15-25/h2-3,9-10,17H,1,4-8,11-16H2,(H2,22,26)(H,23,27). The number of benzene rings is 1. The van der Waals surface area contributed by atoms with Gasteiger partial charge in [-0.05, 0) is 57.3 Å². The van der Waals surface area contributed by atoms with Crippen molar-refractivity contribution in [2.24, 2.45) is 11.7 Å². The van der Waals surface area contributed by atoms with E-state index in [0.717, 1.165) is 51.6 Å². The summed E-state index contributed by atoms with van der Waals surface area (Å²) in [4.78, 5) is 26.4. The van der Waals surface area contributed by atoms with Crippen LogP contribution in [0.5, 0.6) is 0 Å². The molecule has 2 aliphatic heterocycles. The zero-order chi connectivity index (χ0) is 21.6. The van der Waals surface area contributed by atoms with E-state index in [0.29, 0.717) is 26.2 Å². The maximum Gasteiger partial charge on any atom is 0.252 e. The second kappa shape index (κ2) is 10.4. The number of nitrogens with zero attached hydrogens (tertiary/aromatic N) is 2. The maximum absolute atomic E-state index is 13.0. The van der Waals surface area contributed by atoms with Crippen molar-refractivity contribution in [2.75, 3.05) is 39.3 Å². The topological polar surface area (TPSA) is 113 Å². The number of amides is 2. The van der Waals surface area contributed by atoms with E-state index in [2.05, 4.69) is 10.2 Å². The first-order valence-electron chi connectivity index (χ1n) is 10.8. The minimum absolute atomic E-state index is 0.0738. The minimum Gasteiger partial charge on any atom is -0.369 e. The fourth-order valence-electron chi connectivity index (χ4n) is 4.21. The summed E-state index contributed by atoms with van der Waals surface area (Å²) in [5, 5.41) is 2.85. The highest BCUT2D eigenvalue weighted by atomic mass is 32.2. The number of nitrogens with two attached hydrogens (primary N) is 1. The van der Waals surface area contributed by atoms with Crippen LogP contribution in [-0.4, -0.2) is 68.7 Å². The van der Waals surface area contributed by atoms with Crippen LogP contribution in [0.2, 0.25) is 0 Å². The molecule has 2 heterocycles. The fraction of sp³-hybridized carbons (Fsp3) is 0.619. The molecule has 166 valence electrons. The molecule has 1 aromatic rings. The maximum atomic E-state index is 13.0. The van der Waals surface area contributed by atoms with Crippen LogP contribution in [0.1, 0.15) is 48.9 Å². The predicted octanol–water partition coefficient (Wildman–Crippen LogP) is 1.18. The molecule has 0 bridgehead atoms. The van der Waals surface area contributed by atoms with Crippen LogP contribution in [0.4, 0.5) is 0 Å². The van der Waals surface area contributed by atoms with Gasteiger partial charge in [0.05, 0.1) is 16.4 Å². The van der Waals surface area contributed by atoms with Gasteiger partial charge in [-0.25, -0.2) is 8.42 Å². The fourth-order valence-corrected chi connectivity index (χ4v) is 5.92. The summed E-state index contributed by atoms with van der Waals surface area (Å²) in [5.74, 6) is -0.723. The molecule has 1 atom stereocenters. The molecule has 0 aliphatic carbocycles. The molecule has 0 saturated carbocycles. The SMILES string of the molecule is NC(=O)C1CCCN(CCCNC(=O)c2ccccc2S(=O)(=O)N2CCCCC2)C1. The van der Waals surface area contributed by atoms with E-state index in [4.69, 9.17) is 5.73 Å². The number of hydrogen-bond donors (Lipinski definition) is 2. The van der Waals surface area contributed by atoms with E-state index < -0.39 is 10.0 Å². The summed E-state index contributed by atoms with van der Waals surface area (Å²) < 4.78 is 27.6. The average Bonchev–Trinajstić information content (AvgIpc) is 2.77. The van der Waals surface area contributed by atoms with Crippen molar-refractivity contribution < 1.29 is 18.0 Å². The molecule has 2 fully saturated rings. The summed E-state index contributed by atoms with van der Waals surface area (Å²) in [6, 6.07) is 6.41. The monoisotopic (exact) mass is 436 g/mol. The summed E-state index contributed by atoms with van der Waals surface area (Å²) in [6.07, 6.45) is 5.23. The lowest BCUT2D eigenvalue weighted by atomic mass is 9.97. The molecule has 0 spiro atoms. The second-order valence-electron chi connectivity index (χ2n) is 8.11. The first kappa shape index (κ1) is 22.7. The normalized spacial score (nSPS) is 21.3. The molecule has 3 rings (SSSR count). The zero-order valence-corrected chi connectivity index (χ0v) is 18.2. The van der Waals surface area contributed by atoms with E-state index in [-0.39, 0.29) is 28.2 Å². The van der Waals surface area contributed by atoms with Gasteiger partial charge >= 0.3 is 0 Å². The third-order valence-corrected chi connectivity index (χ3v) is 7.87. The van der Waals surface area contributed by atoms with E-state index in [1.807, 2.05) is 0 Å². The van der Waals surface area contributed by atoms with Crippen molar-refractivity contribution >= 4 is 21.8 Å². The number of likely N-dealkylation sites (tertiary alicyclic amines) is 1. The number of primary amides is 1. The summed E-state index contributed by atoms with van der Waals surface area (Å²) in [5.41, 5.74) is 5.61. The van der Waals surface area contributed by atoms with Crippen LogP contribution < -0.4 is 11.1 Å². The van der Waals surface area contributed by atoms with Crippen molar-refractivity contribution in [3.63, 3.8) is 0 Å². The van der Waals surface area contributed by atoms with Gasteiger partial charge in [0.25, 0.3) is 5.91 Å². The quantitative estimate of drug-likeness (QED) is 0.594. The summed E-state index contributed by atoms with van der Waals surface area (Å²) in [6.45, 7) is 3.79. The predicted molar refractivity (Wildman–Crippen MR) is 114 cm³/mol. The van der Waals surface area contributed by atoms with Crippen molar-refractivity contribution in [3.8, 4) is 0 Å². The number of piperidine rings is 2. The average molecular weight is 437 g/mol. The molecule has 2 saturated heterocycles. The molecular formula is C21H32N4O4S. The Morgan fingerprint density at radius 1 is 1.07 bits per heavy atom. The number of hydrogen-bond acceptors (Lipinski definition) is 5. The van der Waals surface area contributed by atoms with Crippen LogP contribution in [0.25, 0.3) is 0 Å². The third-order valence-electron chi connectivity index (χ3n) is 5.91. The van der Waals surface area contributed by atoms with Gasteiger partial charge in [0, 0.05) is 26.2 Å². The lowest BCUT2D eigenvalue weighted by molar-refractivity contribution is -0.123. The number of carbonyl (C=O) groups excluding carboxylic acids is 2. The zero-order valence-electron chi connectivity index (χ0n) is 17.4. The highest BCUT2D eigenvalue weighted by Gasteiger charge is 2.29. The molecule has 1 unspecified atom stereocenters. The Hall–Kier alpha value is -1.97. The number of carbonyl (C=O) groups is 2. The Labute approximate surface area is 178 Å². The van der Waals surface area contributed by atoms with Gasteiger partial charge in [-0.15, -0.1) is 0 Å². The van der Waals surface area contributed by atoms with Gasteiger partial charge in [0.15, 0.2) is 0 Å². The molecule has 3 N–H and O–H groups in total. The molecule has 2 amide bonds. The number of sulfonamides is 1. The molecule has 1 aromatic carbocycles. The molecule has 30 heavy (non-hydrogen) atoms. The Kier molecular flexibility index (Phi) is 7.85. The lowest BCUT2D eigenvalue weighted by Gasteiger charge is -2.31. The second-order valence-corrected chi connectivity index (χ2v) is 10.0. The Balaban J connectivity index is 1.55. The van der Waals surface area contributed by atoms with Gasteiger partial charge in [-0.3, -0.25) is 9.59 Å².